The molecule has 0 aromatic carbocycles. The van der Waals surface area contributed by atoms with Crippen molar-refractivity contribution in [3.05, 3.63) is 6.20 Å². The maximum absolute atomic E-state index is 6.42. The number of fused-ring (bicyclic) bond motifs is 1. The van der Waals surface area contributed by atoms with Crippen molar-refractivity contribution in [1.29, 1.82) is 0 Å². The van der Waals surface area contributed by atoms with Crippen LogP contribution < -0.4 is 16.0 Å². The average molecular weight is 426 g/mol. The Bertz CT molecular complexity index is 793. The summed E-state index contributed by atoms with van der Waals surface area (Å²) in [6, 6.07) is 0.851. The van der Waals surface area contributed by atoms with Crippen LogP contribution in [-0.4, -0.2) is 55.4 Å². The van der Waals surface area contributed by atoms with Crippen molar-refractivity contribution in [3.63, 3.8) is 0 Å². The lowest BCUT2D eigenvalue weighted by Gasteiger charge is -2.31. The number of nitrogens with one attached hydrogen (secondary N) is 3. The molecule has 1 saturated heterocycles. The van der Waals surface area contributed by atoms with Gasteiger partial charge in [-0.2, -0.15) is 4.98 Å². The van der Waals surface area contributed by atoms with E-state index in [4.69, 9.17) is 33.2 Å². The predicted octanol–water partition coefficient (Wildman–Crippen LogP) is 3.75. The van der Waals surface area contributed by atoms with E-state index in [9.17, 15) is 0 Å². The maximum Gasteiger partial charge on any atom is 0.224 e. The minimum Gasteiger partial charge on any atom is -0.353 e. The van der Waals surface area contributed by atoms with E-state index < -0.39 is 0 Å². The molecular formula is C19H29Cl2N7. The van der Waals surface area contributed by atoms with Gasteiger partial charge in [-0.3, -0.25) is 4.57 Å². The fourth-order valence-electron chi connectivity index (χ4n) is 4.22. The third-order valence-corrected chi connectivity index (χ3v) is 6.16. The SMILES string of the molecule is CC(C)Nc1ncc2nc(NC3CC(Cl)CC(Cl)C3)n(C3CCNCC3)c2n1. The minimum absolute atomic E-state index is 0.104. The van der Waals surface area contributed by atoms with Crippen molar-refractivity contribution in [3.8, 4) is 0 Å². The number of alkyl halides is 2. The van der Waals surface area contributed by atoms with E-state index in [1.165, 1.54) is 0 Å². The second-order valence-electron chi connectivity index (χ2n) is 8.23. The van der Waals surface area contributed by atoms with Crippen molar-refractivity contribution < 1.29 is 0 Å². The summed E-state index contributed by atoms with van der Waals surface area (Å²) in [6.45, 7) is 6.17. The first-order chi connectivity index (χ1) is 13.5. The third kappa shape index (κ3) is 4.47. The highest BCUT2D eigenvalue weighted by Crippen LogP contribution is 2.33. The van der Waals surface area contributed by atoms with E-state index in [1.807, 2.05) is 6.20 Å². The summed E-state index contributed by atoms with van der Waals surface area (Å²) < 4.78 is 2.27. The van der Waals surface area contributed by atoms with E-state index in [2.05, 4.69) is 39.3 Å². The van der Waals surface area contributed by atoms with Gasteiger partial charge in [0.1, 0.15) is 5.52 Å². The lowest BCUT2D eigenvalue weighted by molar-refractivity contribution is 0.374. The Morgan fingerprint density at radius 3 is 2.50 bits per heavy atom. The monoisotopic (exact) mass is 425 g/mol. The summed E-state index contributed by atoms with van der Waals surface area (Å²) >= 11 is 12.8. The van der Waals surface area contributed by atoms with Gasteiger partial charge >= 0.3 is 0 Å². The number of imidazole rings is 1. The van der Waals surface area contributed by atoms with Crippen LogP contribution in [0, 0.1) is 0 Å². The maximum atomic E-state index is 6.42. The van der Waals surface area contributed by atoms with Gasteiger partial charge in [0.15, 0.2) is 5.65 Å². The largest absolute Gasteiger partial charge is 0.353 e. The second kappa shape index (κ2) is 8.59. The molecule has 2 atom stereocenters. The Balaban J connectivity index is 1.69. The van der Waals surface area contributed by atoms with Crippen LogP contribution in [0.4, 0.5) is 11.9 Å². The van der Waals surface area contributed by atoms with Crippen LogP contribution in [0.3, 0.4) is 0 Å². The van der Waals surface area contributed by atoms with E-state index in [0.29, 0.717) is 12.0 Å². The van der Waals surface area contributed by atoms with E-state index in [-0.39, 0.29) is 22.8 Å². The van der Waals surface area contributed by atoms with Gasteiger partial charge in [-0.1, -0.05) is 0 Å². The lowest BCUT2D eigenvalue weighted by atomic mass is 9.94. The fourth-order valence-corrected chi connectivity index (χ4v) is 5.17. The van der Waals surface area contributed by atoms with Gasteiger partial charge < -0.3 is 16.0 Å². The zero-order valence-corrected chi connectivity index (χ0v) is 18.0. The number of halogens is 2. The molecule has 2 unspecified atom stereocenters. The van der Waals surface area contributed by atoms with Crippen LogP contribution in [0.25, 0.3) is 11.2 Å². The van der Waals surface area contributed by atoms with Crippen LogP contribution >= 0.6 is 23.2 Å². The number of hydrogen-bond donors (Lipinski definition) is 3. The topological polar surface area (TPSA) is 79.7 Å². The summed E-state index contributed by atoms with van der Waals surface area (Å²) in [5.41, 5.74) is 1.70. The molecule has 0 radical (unpaired) electrons. The Labute approximate surface area is 176 Å². The first-order valence-corrected chi connectivity index (χ1v) is 11.1. The second-order valence-corrected chi connectivity index (χ2v) is 9.47. The molecule has 2 aromatic heterocycles. The van der Waals surface area contributed by atoms with E-state index in [1.54, 1.807) is 0 Å². The van der Waals surface area contributed by atoms with Crippen molar-refractivity contribution in [2.45, 2.75) is 74.8 Å². The Morgan fingerprint density at radius 2 is 1.82 bits per heavy atom. The number of rotatable bonds is 5. The molecule has 0 spiro atoms. The molecular weight excluding hydrogens is 397 g/mol. The quantitative estimate of drug-likeness (QED) is 0.632. The van der Waals surface area contributed by atoms with Gasteiger partial charge in [0, 0.05) is 28.9 Å². The molecule has 7 nitrogen and oxygen atoms in total. The fraction of sp³-hybridized carbons (Fsp3) is 0.737. The van der Waals surface area contributed by atoms with Crippen LogP contribution in [0.15, 0.2) is 6.20 Å². The molecule has 28 heavy (non-hydrogen) atoms. The number of hydrogen-bond acceptors (Lipinski definition) is 6. The van der Waals surface area contributed by atoms with Gasteiger partial charge in [0.2, 0.25) is 11.9 Å². The molecule has 9 heteroatoms. The average Bonchev–Trinajstić information content (AvgIpc) is 2.98. The van der Waals surface area contributed by atoms with Gasteiger partial charge in [-0.15, -0.1) is 23.2 Å². The summed E-state index contributed by atoms with van der Waals surface area (Å²) in [7, 11) is 0. The summed E-state index contributed by atoms with van der Waals surface area (Å²) in [5, 5.41) is 10.6. The van der Waals surface area contributed by atoms with Crippen molar-refractivity contribution in [2.24, 2.45) is 0 Å². The molecule has 4 rings (SSSR count). The Kier molecular flexibility index (Phi) is 6.13. The highest BCUT2D eigenvalue weighted by molar-refractivity contribution is 6.23. The molecule has 2 aliphatic rings. The standard InChI is InChI=1S/C19H29Cl2N7/c1-11(2)24-18-23-10-16-17(27-18)28(15-3-5-22-6-4-15)19(26-16)25-14-8-12(20)7-13(21)9-14/h10-15,22H,3-9H2,1-2H3,(H,25,26)(H,23,24,27). The third-order valence-electron chi connectivity index (χ3n) is 5.45. The molecule has 0 amide bonds. The van der Waals surface area contributed by atoms with Gasteiger partial charge in [0.05, 0.1) is 6.20 Å². The molecule has 1 saturated carbocycles. The first-order valence-electron chi connectivity index (χ1n) is 10.3. The Hall–Kier alpha value is -1.31. The highest BCUT2D eigenvalue weighted by atomic mass is 35.5. The molecule has 1 aliphatic heterocycles. The molecule has 2 fully saturated rings. The molecule has 2 aromatic rings. The van der Waals surface area contributed by atoms with Crippen molar-refractivity contribution in [2.75, 3.05) is 23.7 Å². The van der Waals surface area contributed by atoms with Gasteiger partial charge in [-0.05, 0) is 59.0 Å². The predicted molar refractivity (Wildman–Crippen MR) is 116 cm³/mol. The van der Waals surface area contributed by atoms with Crippen molar-refractivity contribution >= 4 is 46.3 Å². The highest BCUT2D eigenvalue weighted by Gasteiger charge is 2.29. The first kappa shape index (κ1) is 20.0. The molecule has 3 heterocycles. The van der Waals surface area contributed by atoms with Crippen LogP contribution in [0.1, 0.15) is 52.0 Å². The minimum atomic E-state index is 0.104. The van der Waals surface area contributed by atoms with Gasteiger partial charge in [0.25, 0.3) is 0 Å². The number of anilines is 2. The van der Waals surface area contributed by atoms with E-state index >= 15 is 0 Å². The van der Waals surface area contributed by atoms with Gasteiger partial charge in [-0.25, -0.2) is 9.97 Å². The normalized spacial score (nSPS) is 26.7. The number of nitrogens with zero attached hydrogens (tertiary/aromatic N) is 4. The summed E-state index contributed by atoms with van der Waals surface area (Å²) in [5.74, 6) is 1.50. The van der Waals surface area contributed by atoms with Crippen molar-refractivity contribution in [1.82, 2.24) is 24.8 Å². The molecule has 1 aliphatic carbocycles. The number of aromatic nitrogens is 4. The van der Waals surface area contributed by atoms with E-state index in [0.717, 1.165) is 62.3 Å². The zero-order valence-electron chi connectivity index (χ0n) is 16.5. The number of piperidine rings is 1. The van der Waals surface area contributed by atoms with Crippen LogP contribution in [0.2, 0.25) is 0 Å². The van der Waals surface area contributed by atoms with Crippen LogP contribution in [0.5, 0.6) is 0 Å². The smallest absolute Gasteiger partial charge is 0.224 e. The summed E-state index contributed by atoms with van der Waals surface area (Å²) in [4.78, 5) is 14.1. The zero-order chi connectivity index (χ0) is 19.7. The van der Waals surface area contributed by atoms with Crippen LogP contribution in [-0.2, 0) is 0 Å². The molecule has 3 N–H and O–H groups in total. The summed E-state index contributed by atoms with van der Waals surface area (Å²) in [6.07, 6.45) is 6.57. The molecule has 154 valence electrons. The molecule has 0 bridgehead atoms. The lowest BCUT2D eigenvalue weighted by Crippen LogP contribution is -2.35. The Morgan fingerprint density at radius 1 is 1.11 bits per heavy atom.